The Kier molecular flexibility index (Phi) is 3.49. The van der Waals surface area contributed by atoms with Crippen LogP contribution in [0.15, 0.2) is 17.1 Å². The Morgan fingerprint density at radius 1 is 1.85 bits per heavy atom. The monoisotopic (exact) mass is 183 g/mol. The van der Waals surface area contributed by atoms with Crippen LogP contribution in [-0.4, -0.2) is 31.6 Å². The van der Waals surface area contributed by atoms with Gasteiger partial charge in [0.2, 0.25) is 0 Å². The summed E-state index contributed by atoms with van der Waals surface area (Å²) in [6, 6.07) is 0.137. The van der Waals surface area contributed by atoms with Crippen LogP contribution in [0.3, 0.4) is 0 Å². The van der Waals surface area contributed by atoms with E-state index in [1.54, 1.807) is 6.92 Å². The van der Waals surface area contributed by atoms with Gasteiger partial charge in [0.05, 0.1) is 12.6 Å². The summed E-state index contributed by atoms with van der Waals surface area (Å²) in [5.41, 5.74) is 0.422. The van der Waals surface area contributed by atoms with E-state index in [1.807, 2.05) is 0 Å². The van der Waals surface area contributed by atoms with E-state index in [0.717, 1.165) is 0 Å². The lowest BCUT2D eigenvalue weighted by molar-refractivity contribution is -0.139. The van der Waals surface area contributed by atoms with Gasteiger partial charge in [-0.15, -0.1) is 0 Å². The summed E-state index contributed by atoms with van der Waals surface area (Å²) in [4.78, 5) is 14.9. The summed E-state index contributed by atoms with van der Waals surface area (Å²) in [5.74, 6) is -0.345. The van der Waals surface area contributed by atoms with Crippen LogP contribution in [0, 0.1) is 0 Å². The molecule has 0 bridgehead atoms. The summed E-state index contributed by atoms with van der Waals surface area (Å²) >= 11 is 0. The van der Waals surface area contributed by atoms with E-state index in [2.05, 4.69) is 11.6 Å². The second-order valence-electron chi connectivity index (χ2n) is 2.95. The molecule has 13 heavy (non-hydrogen) atoms. The van der Waals surface area contributed by atoms with Crippen molar-refractivity contribution in [2.45, 2.75) is 19.4 Å². The summed E-state index contributed by atoms with van der Waals surface area (Å²) in [7, 11) is 0. The molecule has 1 atom stereocenters. The van der Waals surface area contributed by atoms with E-state index < -0.39 is 0 Å². The van der Waals surface area contributed by atoms with Crippen molar-refractivity contribution in [3.05, 3.63) is 12.2 Å². The molecule has 0 radical (unpaired) electrons. The molecule has 0 aliphatic carbocycles. The van der Waals surface area contributed by atoms with Gasteiger partial charge < -0.3 is 9.47 Å². The fourth-order valence-corrected chi connectivity index (χ4v) is 0.895. The lowest BCUT2D eigenvalue weighted by Gasteiger charge is -2.06. The summed E-state index contributed by atoms with van der Waals surface area (Å²) < 4.78 is 9.81. The van der Waals surface area contributed by atoms with Crippen molar-refractivity contribution in [3.8, 4) is 0 Å². The molecule has 4 heteroatoms. The van der Waals surface area contributed by atoms with Gasteiger partial charge in [-0.2, -0.15) is 0 Å². The molecule has 72 valence electrons. The molecule has 0 aromatic heterocycles. The quantitative estimate of drug-likeness (QED) is 0.481. The topological polar surface area (TPSA) is 47.9 Å². The van der Waals surface area contributed by atoms with Crippen LogP contribution < -0.4 is 0 Å². The molecule has 0 aromatic rings. The van der Waals surface area contributed by atoms with Gasteiger partial charge in [-0.3, -0.25) is 4.99 Å². The minimum absolute atomic E-state index is 0.137. The highest BCUT2D eigenvalue weighted by molar-refractivity contribution is 5.86. The minimum Gasteiger partial charge on any atom is -0.481 e. The average molecular weight is 183 g/mol. The first kappa shape index (κ1) is 9.77. The predicted octanol–water partition coefficient (Wildman–Crippen LogP) is 0.923. The highest BCUT2D eigenvalue weighted by Crippen LogP contribution is 2.04. The van der Waals surface area contributed by atoms with E-state index in [4.69, 9.17) is 9.47 Å². The fourth-order valence-electron chi connectivity index (χ4n) is 0.895. The number of aliphatic imine (C=N–C) groups is 1. The van der Waals surface area contributed by atoms with E-state index in [9.17, 15) is 4.79 Å². The van der Waals surface area contributed by atoms with Crippen molar-refractivity contribution >= 4 is 12.4 Å². The molecule has 1 unspecified atom stereocenters. The molecule has 0 saturated heterocycles. The van der Waals surface area contributed by atoms with Gasteiger partial charge in [0.15, 0.2) is 6.40 Å². The van der Waals surface area contributed by atoms with Crippen molar-refractivity contribution in [3.63, 3.8) is 0 Å². The molecule has 0 amide bonds. The second-order valence-corrected chi connectivity index (χ2v) is 2.95. The minimum atomic E-state index is -0.345. The molecule has 0 N–H and O–H groups in total. The largest absolute Gasteiger partial charge is 0.481 e. The normalized spacial score (nSPS) is 19.6. The molecule has 1 heterocycles. The number of carbonyl (C=O) groups excluding carboxylic acids is 1. The van der Waals surface area contributed by atoms with E-state index in [-0.39, 0.29) is 12.0 Å². The van der Waals surface area contributed by atoms with Crippen LogP contribution in [0.2, 0.25) is 0 Å². The van der Waals surface area contributed by atoms with Crippen molar-refractivity contribution < 1.29 is 14.3 Å². The van der Waals surface area contributed by atoms with Gasteiger partial charge >= 0.3 is 5.97 Å². The van der Waals surface area contributed by atoms with Crippen molar-refractivity contribution in [2.75, 3.05) is 13.2 Å². The third kappa shape index (κ3) is 3.27. The zero-order valence-electron chi connectivity index (χ0n) is 7.66. The number of rotatable bonds is 4. The van der Waals surface area contributed by atoms with E-state index >= 15 is 0 Å². The SMILES string of the molecule is C=C(C)C(=O)OCCC1COC=N1. The van der Waals surface area contributed by atoms with Crippen LogP contribution >= 0.6 is 0 Å². The van der Waals surface area contributed by atoms with Gasteiger partial charge in [-0.1, -0.05) is 6.58 Å². The zero-order chi connectivity index (χ0) is 9.68. The maximum atomic E-state index is 10.9. The third-order valence-corrected chi connectivity index (χ3v) is 1.67. The molecule has 0 fully saturated rings. The smallest absolute Gasteiger partial charge is 0.333 e. The van der Waals surface area contributed by atoms with E-state index in [0.29, 0.717) is 25.2 Å². The Morgan fingerprint density at radius 2 is 2.62 bits per heavy atom. The molecule has 1 aliphatic rings. The molecular weight excluding hydrogens is 170 g/mol. The van der Waals surface area contributed by atoms with Gasteiger partial charge in [-0.05, 0) is 6.92 Å². The Hall–Kier alpha value is -1.32. The lowest BCUT2D eigenvalue weighted by atomic mass is 10.2. The summed E-state index contributed by atoms with van der Waals surface area (Å²) in [6.07, 6.45) is 2.14. The molecule has 0 aromatic carbocycles. The Morgan fingerprint density at radius 3 is 3.15 bits per heavy atom. The third-order valence-electron chi connectivity index (χ3n) is 1.67. The maximum absolute atomic E-state index is 10.9. The standard InChI is InChI=1S/C9H13NO3/c1-7(2)9(11)13-4-3-8-5-12-6-10-8/h6,8H,1,3-5H2,2H3. The number of esters is 1. The maximum Gasteiger partial charge on any atom is 0.333 e. The first-order valence-corrected chi connectivity index (χ1v) is 4.16. The molecule has 1 rings (SSSR count). The highest BCUT2D eigenvalue weighted by atomic mass is 16.5. The molecule has 0 spiro atoms. The average Bonchev–Trinajstić information content (AvgIpc) is 2.56. The number of carbonyl (C=O) groups is 1. The predicted molar refractivity (Wildman–Crippen MR) is 48.6 cm³/mol. The number of ether oxygens (including phenoxy) is 2. The van der Waals surface area contributed by atoms with Crippen LogP contribution in [0.5, 0.6) is 0 Å². The van der Waals surface area contributed by atoms with Crippen molar-refractivity contribution in [2.24, 2.45) is 4.99 Å². The number of hydrogen-bond acceptors (Lipinski definition) is 4. The van der Waals surface area contributed by atoms with Gasteiger partial charge in [0.25, 0.3) is 0 Å². The molecule has 0 saturated carbocycles. The second kappa shape index (κ2) is 4.64. The summed E-state index contributed by atoms with van der Waals surface area (Å²) in [5, 5.41) is 0. The molecular formula is C9H13NO3. The van der Waals surface area contributed by atoms with Gasteiger partial charge in [-0.25, -0.2) is 4.79 Å². The Balaban J connectivity index is 2.10. The van der Waals surface area contributed by atoms with Crippen LogP contribution in [0.4, 0.5) is 0 Å². The van der Waals surface area contributed by atoms with Crippen LogP contribution in [-0.2, 0) is 14.3 Å². The molecule has 4 nitrogen and oxygen atoms in total. The Bertz CT molecular complexity index is 235. The Labute approximate surface area is 77.2 Å². The van der Waals surface area contributed by atoms with Crippen molar-refractivity contribution in [1.82, 2.24) is 0 Å². The number of hydrogen-bond donors (Lipinski definition) is 0. The van der Waals surface area contributed by atoms with Crippen LogP contribution in [0.1, 0.15) is 13.3 Å². The van der Waals surface area contributed by atoms with E-state index in [1.165, 1.54) is 6.40 Å². The summed E-state index contributed by atoms with van der Waals surface area (Å²) in [6.45, 7) is 6.06. The van der Waals surface area contributed by atoms with Gasteiger partial charge in [0.1, 0.15) is 6.61 Å². The van der Waals surface area contributed by atoms with Crippen molar-refractivity contribution in [1.29, 1.82) is 0 Å². The lowest BCUT2D eigenvalue weighted by Crippen LogP contribution is -2.13. The molecule has 1 aliphatic heterocycles. The zero-order valence-corrected chi connectivity index (χ0v) is 7.66. The number of nitrogens with zero attached hydrogens (tertiary/aromatic N) is 1. The first-order chi connectivity index (χ1) is 6.20. The van der Waals surface area contributed by atoms with Gasteiger partial charge in [0, 0.05) is 12.0 Å². The highest BCUT2D eigenvalue weighted by Gasteiger charge is 2.12. The first-order valence-electron chi connectivity index (χ1n) is 4.16. The fraction of sp³-hybridized carbons (Fsp3) is 0.556. The van der Waals surface area contributed by atoms with Crippen LogP contribution in [0.25, 0.3) is 0 Å².